The van der Waals surface area contributed by atoms with Gasteiger partial charge in [0, 0.05) is 11.8 Å². The Labute approximate surface area is 151 Å². The fourth-order valence-electron chi connectivity index (χ4n) is 3.83. The second-order valence-corrected chi connectivity index (χ2v) is 6.77. The van der Waals surface area contributed by atoms with Gasteiger partial charge in [-0.15, -0.1) is 6.58 Å². The summed E-state index contributed by atoms with van der Waals surface area (Å²) < 4.78 is 5.41. The standard InChI is InChI=1S/C21H19NO4/c1-2-13-11-21(13,19(23)24)22-20(25)26-12-18-16-9-5-3-7-14(16)15-8-4-6-10-17(15)18/h2-10,13,18H,1,11-12H2,(H,22,25)(H,23,24)/t13-,21-/m1/s1. The number of hydrogen-bond donors (Lipinski definition) is 2. The van der Waals surface area contributed by atoms with Crippen molar-refractivity contribution in [1.29, 1.82) is 0 Å². The van der Waals surface area contributed by atoms with E-state index in [-0.39, 0.29) is 18.4 Å². The molecule has 2 N–H and O–H groups in total. The highest BCUT2D eigenvalue weighted by molar-refractivity contribution is 5.88. The van der Waals surface area contributed by atoms with Gasteiger partial charge in [-0.2, -0.15) is 0 Å². The van der Waals surface area contributed by atoms with E-state index in [1.54, 1.807) is 6.08 Å². The number of fused-ring (bicyclic) bond motifs is 3. The van der Waals surface area contributed by atoms with E-state index in [1.807, 2.05) is 36.4 Å². The third-order valence-corrected chi connectivity index (χ3v) is 5.35. The van der Waals surface area contributed by atoms with Gasteiger partial charge >= 0.3 is 12.1 Å². The monoisotopic (exact) mass is 349 g/mol. The van der Waals surface area contributed by atoms with Crippen LogP contribution in [0.15, 0.2) is 61.2 Å². The lowest BCUT2D eigenvalue weighted by Gasteiger charge is -2.17. The maximum Gasteiger partial charge on any atom is 0.408 e. The van der Waals surface area contributed by atoms with E-state index in [1.165, 1.54) is 0 Å². The molecule has 4 rings (SSSR count). The van der Waals surface area contributed by atoms with Crippen LogP contribution < -0.4 is 5.32 Å². The summed E-state index contributed by atoms with van der Waals surface area (Å²) in [6, 6.07) is 16.1. The van der Waals surface area contributed by atoms with Gasteiger partial charge in [-0.1, -0.05) is 54.6 Å². The summed E-state index contributed by atoms with van der Waals surface area (Å²) in [4.78, 5) is 23.7. The highest BCUT2D eigenvalue weighted by Crippen LogP contribution is 2.46. The molecule has 0 aliphatic heterocycles. The molecule has 2 aromatic rings. The van der Waals surface area contributed by atoms with Gasteiger partial charge < -0.3 is 15.2 Å². The summed E-state index contributed by atoms with van der Waals surface area (Å²) in [5.41, 5.74) is 3.25. The molecule has 2 atom stereocenters. The lowest BCUT2D eigenvalue weighted by molar-refractivity contribution is -0.140. The van der Waals surface area contributed by atoms with Crippen LogP contribution in [-0.4, -0.2) is 29.3 Å². The number of benzene rings is 2. The first-order valence-corrected chi connectivity index (χ1v) is 8.56. The Morgan fingerprint density at radius 2 is 1.73 bits per heavy atom. The van der Waals surface area contributed by atoms with Crippen molar-refractivity contribution in [3.8, 4) is 11.1 Å². The first-order chi connectivity index (χ1) is 12.6. The zero-order valence-electron chi connectivity index (χ0n) is 14.1. The number of rotatable bonds is 5. The Kier molecular flexibility index (Phi) is 3.80. The zero-order chi connectivity index (χ0) is 18.3. The minimum absolute atomic E-state index is 0.0525. The first-order valence-electron chi connectivity index (χ1n) is 8.56. The third-order valence-electron chi connectivity index (χ3n) is 5.35. The van der Waals surface area contributed by atoms with Crippen LogP contribution in [0.2, 0.25) is 0 Å². The predicted octanol–water partition coefficient (Wildman–Crippen LogP) is 3.55. The van der Waals surface area contributed by atoms with E-state index in [4.69, 9.17) is 4.74 Å². The van der Waals surface area contributed by atoms with Gasteiger partial charge in [0.1, 0.15) is 12.1 Å². The van der Waals surface area contributed by atoms with Gasteiger partial charge in [0.15, 0.2) is 0 Å². The highest BCUT2D eigenvalue weighted by Gasteiger charge is 2.60. The Morgan fingerprint density at radius 1 is 1.15 bits per heavy atom. The van der Waals surface area contributed by atoms with E-state index in [0.29, 0.717) is 6.42 Å². The van der Waals surface area contributed by atoms with E-state index in [2.05, 4.69) is 24.0 Å². The molecule has 2 aliphatic rings. The van der Waals surface area contributed by atoms with Crippen molar-refractivity contribution in [2.75, 3.05) is 6.61 Å². The van der Waals surface area contributed by atoms with Gasteiger partial charge in [0.05, 0.1) is 0 Å². The molecule has 0 bridgehead atoms. The zero-order valence-corrected chi connectivity index (χ0v) is 14.1. The van der Waals surface area contributed by atoms with E-state index in [0.717, 1.165) is 22.3 Å². The number of nitrogens with one attached hydrogen (secondary N) is 1. The summed E-state index contributed by atoms with van der Waals surface area (Å²) in [5, 5.41) is 11.9. The summed E-state index contributed by atoms with van der Waals surface area (Å²) in [5.74, 6) is -1.38. The van der Waals surface area contributed by atoms with Gasteiger partial charge in [0.25, 0.3) is 0 Å². The number of carboxylic acids is 1. The normalized spacial score (nSPS) is 22.8. The molecule has 5 heteroatoms. The molecule has 0 saturated heterocycles. The number of hydrogen-bond acceptors (Lipinski definition) is 3. The van der Waals surface area contributed by atoms with Gasteiger partial charge in [-0.3, -0.25) is 0 Å². The number of carbonyl (C=O) groups is 2. The predicted molar refractivity (Wildman–Crippen MR) is 96.9 cm³/mol. The lowest BCUT2D eigenvalue weighted by atomic mass is 9.98. The van der Waals surface area contributed by atoms with Crippen LogP contribution in [0.4, 0.5) is 4.79 Å². The average Bonchev–Trinajstić information content (AvgIpc) is 3.28. The molecule has 0 unspecified atom stereocenters. The summed E-state index contributed by atoms with van der Waals surface area (Å²) in [6.45, 7) is 3.77. The average molecular weight is 349 g/mol. The molecule has 0 aromatic heterocycles. The molecule has 5 nitrogen and oxygen atoms in total. The van der Waals surface area contributed by atoms with Crippen molar-refractivity contribution in [3.63, 3.8) is 0 Å². The fourth-order valence-corrected chi connectivity index (χ4v) is 3.83. The van der Waals surface area contributed by atoms with Crippen molar-refractivity contribution >= 4 is 12.1 Å². The Bertz CT molecular complexity index is 861. The van der Waals surface area contributed by atoms with Gasteiger partial charge in [0.2, 0.25) is 0 Å². The van der Waals surface area contributed by atoms with E-state index < -0.39 is 17.6 Å². The number of ether oxygens (including phenoxy) is 1. The molecule has 0 spiro atoms. The van der Waals surface area contributed by atoms with E-state index in [9.17, 15) is 14.7 Å². The maximum absolute atomic E-state index is 12.2. The molecule has 2 aliphatic carbocycles. The second kappa shape index (κ2) is 6.02. The minimum atomic E-state index is -1.27. The molecular weight excluding hydrogens is 330 g/mol. The van der Waals surface area contributed by atoms with Crippen LogP contribution in [-0.2, 0) is 9.53 Å². The van der Waals surface area contributed by atoms with Gasteiger partial charge in [-0.25, -0.2) is 9.59 Å². The second-order valence-electron chi connectivity index (χ2n) is 6.77. The SMILES string of the molecule is C=C[C@@H]1C[C@]1(NC(=O)OCC1c2ccccc2-c2ccccc21)C(=O)O. The van der Waals surface area contributed by atoms with Crippen LogP contribution in [0.25, 0.3) is 11.1 Å². The quantitative estimate of drug-likeness (QED) is 0.810. The van der Waals surface area contributed by atoms with Crippen molar-refractivity contribution < 1.29 is 19.4 Å². The van der Waals surface area contributed by atoms with Crippen LogP contribution in [0.3, 0.4) is 0 Å². The smallest absolute Gasteiger partial charge is 0.408 e. The molecule has 1 saturated carbocycles. The van der Waals surface area contributed by atoms with Crippen molar-refractivity contribution in [1.82, 2.24) is 5.32 Å². The van der Waals surface area contributed by atoms with Crippen molar-refractivity contribution in [2.24, 2.45) is 5.92 Å². The Morgan fingerprint density at radius 3 is 2.23 bits per heavy atom. The minimum Gasteiger partial charge on any atom is -0.479 e. The molecule has 1 fully saturated rings. The molecule has 132 valence electrons. The summed E-state index contributed by atoms with van der Waals surface area (Å²) in [6.07, 6.45) is 1.19. The Balaban J connectivity index is 1.49. The van der Waals surface area contributed by atoms with Crippen LogP contribution >= 0.6 is 0 Å². The maximum atomic E-state index is 12.2. The third kappa shape index (κ3) is 2.47. The number of amides is 1. The number of aliphatic carboxylic acids is 1. The van der Waals surface area contributed by atoms with Crippen LogP contribution in [0, 0.1) is 5.92 Å². The summed E-state index contributed by atoms with van der Waals surface area (Å²) >= 11 is 0. The lowest BCUT2D eigenvalue weighted by Crippen LogP contribution is -2.45. The summed E-state index contributed by atoms with van der Waals surface area (Å²) in [7, 11) is 0. The number of alkyl carbamates (subject to hydrolysis) is 1. The van der Waals surface area contributed by atoms with Crippen molar-refractivity contribution in [2.45, 2.75) is 17.9 Å². The molecule has 2 aromatic carbocycles. The largest absolute Gasteiger partial charge is 0.479 e. The molecule has 0 heterocycles. The highest BCUT2D eigenvalue weighted by atomic mass is 16.5. The van der Waals surface area contributed by atoms with Gasteiger partial charge in [-0.05, 0) is 28.7 Å². The topological polar surface area (TPSA) is 75.6 Å². The molecule has 0 radical (unpaired) electrons. The van der Waals surface area contributed by atoms with Crippen LogP contribution in [0.5, 0.6) is 0 Å². The van der Waals surface area contributed by atoms with E-state index >= 15 is 0 Å². The fraction of sp³-hybridized carbons (Fsp3) is 0.238. The molecule has 26 heavy (non-hydrogen) atoms. The first kappa shape index (κ1) is 16.4. The number of carbonyl (C=O) groups excluding carboxylic acids is 1. The van der Waals surface area contributed by atoms with Crippen LogP contribution in [0.1, 0.15) is 23.5 Å². The van der Waals surface area contributed by atoms with Crippen molar-refractivity contribution in [3.05, 3.63) is 72.3 Å². The molecule has 1 amide bonds. The number of carboxylic acid groups (broad SMARTS) is 1. The Hall–Kier alpha value is -3.08. The molecular formula is C21H19NO4.